The van der Waals surface area contributed by atoms with E-state index in [1.165, 1.54) is 17.6 Å². The number of carbonyl (C=O) groups excluding carboxylic acids is 2. The first-order chi connectivity index (χ1) is 13.1. The third-order valence-electron chi connectivity index (χ3n) is 5.00. The van der Waals surface area contributed by atoms with Crippen molar-refractivity contribution in [1.82, 2.24) is 15.5 Å². The fraction of sp³-hybridized carbons (Fsp3) is 0.684. The molecule has 150 valence electrons. The van der Waals surface area contributed by atoms with Gasteiger partial charge < -0.3 is 25.0 Å². The summed E-state index contributed by atoms with van der Waals surface area (Å²) >= 11 is 1.70. The minimum absolute atomic E-state index is 0.0578. The van der Waals surface area contributed by atoms with Crippen molar-refractivity contribution in [3.8, 4) is 0 Å². The topological polar surface area (TPSA) is 79.9 Å². The first kappa shape index (κ1) is 20.1. The van der Waals surface area contributed by atoms with Crippen LogP contribution in [0.1, 0.15) is 42.7 Å². The van der Waals surface area contributed by atoms with Crippen LogP contribution in [0, 0.1) is 0 Å². The summed E-state index contributed by atoms with van der Waals surface area (Å²) in [6, 6.07) is 2.59. The second kappa shape index (κ2) is 9.52. The van der Waals surface area contributed by atoms with Crippen molar-refractivity contribution in [3.63, 3.8) is 0 Å². The van der Waals surface area contributed by atoms with Gasteiger partial charge in [0.2, 0.25) is 0 Å². The Morgan fingerprint density at radius 3 is 2.96 bits per heavy atom. The summed E-state index contributed by atoms with van der Waals surface area (Å²) in [5, 5.41) is 8.09. The Hall–Kier alpha value is -1.64. The van der Waals surface area contributed by atoms with Crippen LogP contribution < -0.4 is 10.6 Å². The van der Waals surface area contributed by atoms with Gasteiger partial charge in [-0.2, -0.15) is 0 Å². The third-order valence-corrected chi connectivity index (χ3v) is 6.15. The predicted molar refractivity (Wildman–Crippen MR) is 104 cm³/mol. The van der Waals surface area contributed by atoms with Crippen molar-refractivity contribution in [2.24, 2.45) is 0 Å². The molecule has 1 saturated heterocycles. The van der Waals surface area contributed by atoms with Crippen LogP contribution in [0.2, 0.25) is 0 Å². The Morgan fingerprint density at radius 1 is 1.48 bits per heavy atom. The molecule has 0 aromatic carbocycles. The van der Waals surface area contributed by atoms with E-state index in [2.05, 4.69) is 33.7 Å². The Labute approximate surface area is 164 Å². The molecule has 2 N–H and O–H groups in total. The van der Waals surface area contributed by atoms with E-state index in [0.29, 0.717) is 25.7 Å². The molecule has 2 aliphatic rings. The molecule has 0 unspecified atom stereocenters. The molecule has 3 rings (SSSR count). The second-order valence-electron chi connectivity index (χ2n) is 7.10. The number of alkyl carbamates (subject to hydrolysis) is 1. The number of amides is 2. The molecule has 1 aromatic rings. The molecule has 1 aliphatic carbocycles. The number of hydrogen-bond donors (Lipinski definition) is 2. The lowest BCUT2D eigenvalue weighted by atomic mass is 10.1. The van der Waals surface area contributed by atoms with Gasteiger partial charge in [0.25, 0.3) is 5.91 Å². The minimum Gasteiger partial charge on any atom is -0.453 e. The number of methoxy groups -OCH3 is 1. The number of morpholine rings is 1. The van der Waals surface area contributed by atoms with Crippen molar-refractivity contribution in [1.29, 1.82) is 0 Å². The number of rotatable bonds is 8. The van der Waals surface area contributed by atoms with Crippen LogP contribution in [-0.2, 0) is 20.7 Å². The van der Waals surface area contributed by atoms with Gasteiger partial charge >= 0.3 is 6.09 Å². The molecule has 27 heavy (non-hydrogen) atoms. The van der Waals surface area contributed by atoms with Crippen LogP contribution in [0.3, 0.4) is 0 Å². The Bertz CT molecular complexity index is 641. The van der Waals surface area contributed by atoms with Gasteiger partial charge in [-0.05, 0) is 49.6 Å². The average Bonchev–Trinajstić information content (AvgIpc) is 3.41. The molecular weight excluding hydrogens is 366 g/mol. The first-order valence-electron chi connectivity index (χ1n) is 9.63. The molecule has 2 fully saturated rings. The maximum Gasteiger partial charge on any atom is 0.406 e. The molecule has 0 radical (unpaired) electrons. The van der Waals surface area contributed by atoms with E-state index in [4.69, 9.17) is 4.74 Å². The van der Waals surface area contributed by atoms with Crippen molar-refractivity contribution < 1.29 is 19.1 Å². The maximum atomic E-state index is 13.0. The van der Waals surface area contributed by atoms with Gasteiger partial charge in [-0.1, -0.05) is 0 Å². The number of nitrogens with zero attached hydrogens (tertiary/aromatic N) is 1. The second-order valence-corrected chi connectivity index (χ2v) is 8.04. The van der Waals surface area contributed by atoms with E-state index in [0.717, 1.165) is 32.2 Å². The highest BCUT2D eigenvalue weighted by atomic mass is 32.1. The smallest absolute Gasteiger partial charge is 0.406 e. The summed E-state index contributed by atoms with van der Waals surface area (Å²) in [5.74, 6) is 0.106. The van der Waals surface area contributed by atoms with E-state index in [1.54, 1.807) is 11.3 Å². The number of aryl methyl sites for hydroxylation is 1. The zero-order valence-electron chi connectivity index (χ0n) is 16.0. The van der Waals surface area contributed by atoms with Crippen LogP contribution in [0.4, 0.5) is 4.79 Å². The van der Waals surface area contributed by atoms with Crippen molar-refractivity contribution in [2.75, 3.05) is 33.4 Å². The van der Waals surface area contributed by atoms with Crippen molar-refractivity contribution >= 4 is 23.3 Å². The molecule has 1 saturated carbocycles. The van der Waals surface area contributed by atoms with E-state index in [-0.39, 0.29) is 18.1 Å². The van der Waals surface area contributed by atoms with E-state index >= 15 is 0 Å². The zero-order chi connectivity index (χ0) is 19.2. The monoisotopic (exact) mass is 395 g/mol. The number of ether oxygens (including phenoxy) is 2. The van der Waals surface area contributed by atoms with Crippen LogP contribution in [0.15, 0.2) is 11.4 Å². The molecule has 0 spiro atoms. The van der Waals surface area contributed by atoms with Gasteiger partial charge in [0.05, 0.1) is 19.8 Å². The molecule has 1 aliphatic heterocycles. The van der Waals surface area contributed by atoms with Crippen LogP contribution >= 0.6 is 11.3 Å². The van der Waals surface area contributed by atoms with Crippen LogP contribution in [0.5, 0.6) is 0 Å². The summed E-state index contributed by atoms with van der Waals surface area (Å²) < 4.78 is 10.3. The highest BCUT2D eigenvalue weighted by Crippen LogP contribution is 2.37. The van der Waals surface area contributed by atoms with E-state index in [9.17, 15) is 9.59 Å². The lowest BCUT2D eigenvalue weighted by Crippen LogP contribution is -2.50. The van der Waals surface area contributed by atoms with E-state index in [1.807, 2.05) is 4.90 Å². The van der Waals surface area contributed by atoms with Crippen molar-refractivity contribution in [3.05, 3.63) is 21.9 Å². The molecule has 2 atom stereocenters. The maximum absolute atomic E-state index is 13.0. The highest BCUT2D eigenvalue weighted by Gasteiger charge is 2.40. The molecule has 2 amide bonds. The Balaban J connectivity index is 1.56. The Morgan fingerprint density at radius 2 is 2.30 bits per heavy atom. The minimum atomic E-state index is -0.396. The molecule has 7 nitrogen and oxygen atoms in total. The number of carbonyl (C=O) groups is 2. The van der Waals surface area contributed by atoms with Gasteiger partial charge in [0, 0.05) is 30.6 Å². The largest absolute Gasteiger partial charge is 0.453 e. The summed E-state index contributed by atoms with van der Waals surface area (Å²) in [5.41, 5.74) is 1.24. The summed E-state index contributed by atoms with van der Waals surface area (Å²) in [6.07, 6.45) is 3.13. The van der Waals surface area contributed by atoms with Gasteiger partial charge in [0.1, 0.15) is 6.10 Å². The Kier molecular flexibility index (Phi) is 7.09. The molecule has 2 heterocycles. The van der Waals surface area contributed by atoms with Gasteiger partial charge in [-0.25, -0.2) is 4.79 Å². The van der Waals surface area contributed by atoms with Gasteiger partial charge in [0.15, 0.2) is 0 Å². The lowest BCUT2D eigenvalue weighted by Gasteiger charge is -2.33. The molecule has 0 bridgehead atoms. The fourth-order valence-corrected chi connectivity index (χ4v) is 4.37. The molecule has 1 aromatic heterocycles. The standard InChI is InChI=1S/C19H29N3O4S/c1-13(17-10-14(12-27-17)4-3-7-21-19(24)25-2)22(15-5-6-15)18(23)16-11-20-8-9-26-16/h10,12-13,15-16,20H,3-9,11H2,1-2H3,(H,21,24)/t13-,16-/m1/s1. The van der Waals surface area contributed by atoms with Crippen molar-refractivity contribution in [2.45, 2.75) is 50.8 Å². The lowest BCUT2D eigenvalue weighted by molar-refractivity contribution is -0.148. The number of hydrogen-bond acceptors (Lipinski definition) is 6. The number of thiophene rings is 1. The van der Waals surface area contributed by atoms with Gasteiger partial charge in [-0.15, -0.1) is 11.3 Å². The average molecular weight is 396 g/mol. The van der Waals surface area contributed by atoms with Crippen LogP contribution in [0.25, 0.3) is 0 Å². The van der Waals surface area contributed by atoms with Crippen LogP contribution in [-0.4, -0.2) is 62.4 Å². The fourth-order valence-electron chi connectivity index (χ4n) is 3.37. The molecule has 8 heteroatoms. The summed E-state index contributed by atoms with van der Waals surface area (Å²) in [7, 11) is 1.36. The normalized spacial score (nSPS) is 20.7. The molecular formula is C19H29N3O4S. The first-order valence-corrected chi connectivity index (χ1v) is 10.5. The highest BCUT2D eigenvalue weighted by molar-refractivity contribution is 7.10. The summed E-state index contributed by atoms with van der Waals surface area (Å²) in [4.78, 5) is 27.3. The van der Waals surface area contributed by atoms with Gasteiger partial charge in [-0.3, -0.25) is 4.79 Å². The zero-order valence-corrected chi connectivity index (χ0v) is 16.8. The third kappa shape index (κ3) is 5.43. The number of nitrogens with one attached hydrogen (secondary N) is 2. The van der Waals surface area contributed by atoms with E-state index < -0.39 is 6.09 Å². The quantitative estimate of drug-likeness (QED) is 0.659. The predicted octanol–water partition coefficient (Wildman–Crippen LogP) is 2.08. The SMILES string of the molecule is COC(=O)NCCCc1csc([C@@H](C)N(C(=O)[C@H]2CNCCO2)C2CC2)c1. The summed E-state index contributed by atoms with van der Waals surface area (Å²) in [6.45, 7) is 4.69.